The summed E-state index contributed by atoms with van der Waals surface area (Å²) < 4.78 is 10.8. The zero-order valence-corrected chi connectivity index (χ0v) is 14.1. The van der Waals surface area contributed by atoms with Crippen molar-refractivity contribution in [1.29, 1.82) is 0 Å². The Labute approximate surface area is 140 Å². The fraction of sp³-hybridized carbons (Fsp3) is 0.500. The molecule has 1 fully saturated rings. The third-order valence-electron chi connectivity index (χ3n) is 4.05. The number of carbonyl (C=O) groups excluding carboxylic acids is 1. The lowest BCUT2D eigenvalue weighted by molar-refractivity contribution is 0.0485. The number of piperazine rings is 1. The van der Waals surface area contributed by atoms with Gasteiger partial charge in [-0.15, -0.1) is 0 Å². The Morgan fingerprint density at radius 3 is 3.00 bits per heavy atom. The van der Waals surface area contributed by atoms with Crippen LogP contribution in [0.1, 0.15) is 35.0 Å². The van der Waals surface area contributed by atoms with E-state index >= 15 is 0 Å². The Morgan fingerprint density at radius 1 is 1.46 bits per heavy atom. The molecule has 128 valence electrons. The van der Waals surface area contributed by atoms with E-state index in [9.17, 15) is 4.79 Å². The van der Waals surface area contributed by atoms with E-state index < -0.39 is 0 Å². The van der Waals surface area contributed by atoms with Crippen LogP contribution in [0, 0.1) is 6.92 Å². The molecule has 1 amide bonds. The number of hydrogen-bond donors (Lipinski definition) is 0. The number of likely N-dealkylation sites (N-methyl/N-ethyl adjacent to an activating group) is 1. The number of hydrogen-bond acceptors (Lipinski definition) is 7. The number of nitrogens with zero attached hydrogens (tertiary/aromatic N) is 5. The molecule has 0 aromatic carbocycles. The lowest BCUT2D eigenvalue weighted by Gasteiger charge is -2.37. The molecule has 1 aliphatic rings. The summed E-state index contributed by atoms with van der Waals surface area (Å²) in [6.45, 7) is 5.94. The summed E-state index contributed by atoms with van der Waals surface area (Å²) in [5.41, 5.74) is 0.476. The molecule has 0 spiro atoms. The van der Waals surface area contributed by atoms with Crippen LogP contribution in [0.3, 0.4) is 0 Å². The highest BCUT2D eigenvalue weighted by atomic mass is 16.5. The van der Waals surface area contributed by atoms with Crippen molar-refractivity contribution in [3.8, 4) is 5.88 Å². The summed E-state index contributed by atoms with van der Waals surface area (Å²) in [7, 11) is 1.99. The van der Waals surface area contributed by atoms with Crippen LogP contribution in [-0.2, 0) is 0 Å². The summed E-state index contributed by atoms with van der Waals surface area (Å²) in [5.74, 6) is 1.39. The maximum atomic E-state index is 12.9. The van der Waals surface area contributed by atoms with Gasteiger partial charge in [0.05, 0.1) is 6.61 Å². The molecule has 2 aromatic heterocycles. The van der Waals surface area contributed by atoms with Gasteiger partial charge in [-0.2, -0.15) is 4.98 Å². The first-order valence-electron chi connectivity index (χ1n) is 7.97. The molecule has 0 N–H and O–H groups in total. The average Bonchev–Trinajstić information content (AvgIpc) is 3.02. The standard InChI is InChI=1S/C16H21N5O3/c1-4-23-14-12(6-5-7-17-14)16(22)21-9-8-20(3)13(10-21)15-18-11(2)19-24-15/h5-7,13H,4,8-10H2,1-3H3/t13-/m1/s1. The maximum Gasteiger partial charge on any atom is 0.259 e. The predicted molar refractivity (Wildman–Crippen MR) is 85.7 cm³/mol. The van der Waals surface area contributed by atoms with Gasteiger partial charge in [-0.05, 0) is 33.0 Å². The van der Waals surface area contributed by atoms with E-state index in [1.165, 1.54) is 0 Å². The Bertz CT molecular complexity index is 717. The molecule has 0 radical (unpaired) electrons. The Kier molecular flexibility index (Phi) is 4.75. The van der Waals surface area contributed by atoms with Crippen molar-refractivity contribution in [2.45, 2.75) is 19.9 Å². The van der Waals surface area contributed by atoms with Crippen molar-refractivity contribution in [2.24, 2.45) is 0 Å². The summed E-state index contributed by atoms with van der Waals surface area (Å²) >= 11 is 0. The lowest BCUT2D eigenvalue weighted by atomic mass is 10.1. The number of pyridine rings is 1. The zero-order chi connectivity index (χ0) is 17.1. The van der Waals surface area contributed by atoms with Gasteiger partial charge in [0.15, 0.2) is 5.82 Å². The van der Waals surface area contributed by atoms with Gasteiger partial charge >= 0.3 is 0 Å². The van der Waals surface area contributed by atoms with E-state index in [0.717, 1.165) is 6.54 Å². The highest BCUT2D eigenvalue weighted by Gasteiger charge is 2.33. The minimum Gasteiger partial charge on any atom is -0.477 e. The highest BCUT2D eigenvalue weighted by molar-refractivity contribution is 5.96. The molecule has 1 atom stereocenters. The van der Waals surface area contributed by atoms with Crippen LogP contribution in [-0.4, -0.2) is 64.1 Å². The van der Waals surface area contributed by atoms with Crippen molar-refractivity contribution in [1.82, 2.24) is 24.9 Å². The molecule has 3 rings (SSSR count). The zero-order valence-electron chi connectivity index (χ0n) is 14.1. The van der Waals surface area contributed by atoms with Crippen LogP contribution < -0.4 is 4.74 Å². The second kappa shape index (κ2) is 6.96. The number of aromatic nitrogens is 3. The number of amides is 1. The summed E-state index contributed by atoms with van der Waals surface area (Å²) in [6, 6.07) is 3.37. The van der Waals surface area contributed by atoms with E-state index in [2.05, 4.69) is 20.0 Å². The normalized spacial score (nSPS) is 18.6. The highest BCUT2D eigenvalue weighted by Crippen LogP contribution is 2.25. The molecular formula is C16H21N5O3. The number of aryl methyl sites for hydroxylation is 1. The maximum absolute atomic E-state index is 12.9. The first-order chi connectivity index (χ1) is 11.6. The van der Waals surface area contributed by atoms with Gasteiger partial charge in [-0.3, -0.25) is 9.69 Å². The van der Waals surface area contributed by atoms with Crippen molar-refractivity contribution in [3.63, 3.8) is 0 Å². The smallest absolute Gasteiger partial charge is 0.259 e. The first-order valence-corrected chi connectivity index (χ1v) is 7.97. The van der Waals surface area contributed by atoms with E-state index in [-0.39, 0.29) is 11.9 Å². The minimum atomic E-state index is -0.115. The van der Waals surface area contributed by atoms with Crippen LogP contribution in [0.5, 0.6) is 5.88 Å². The summed E-state index contributed by atoms with van der Waals surface area (Å²) in [4.78, 5) is 25.3. The van der Waals surface area contributed by atoms with Crippen LogP contribution in [0.15, 0.2) is 22.9 Å². The van der Waals surface area contributed by atoms with Gasteiger partial charge in [-0.1, -0.05) is 5.16 Å². The van der Waals surface area contributed by atoms with Crippen LogP contribution in [0.25, 0.3) is 0 Å². The first kappa shape index (κ1) is 16.4. The van der Waals surface area contributed by atoms with Gasteiger partial charge in [0, 0.05) is 25.8 Å². The number of rotatable bonds is 4. The van der Waals surface area contributed by atoms with E-state index in [1.807, 2.05) is 14.0 Å². The van der Waals surface area contributed by atoms with Gasteiger partial charge in [0.25, 0.3) is 5.91 Å². The molecule has 8 heteroatoms. The second-order valence-corrected chi connectivity index (χ2v) is 5.72. The summed E-state index contributed by atoms with van der Waals surface area (Å²) in [6.07, 6.45) is 1.62. The number of carbonyl (C=O) groups is 1. The Hall–Kier alpha value is -2.48. The molecule has 0 aliphatic carbocycles. The van der Waals surface area contributed by atoms with Crippen molar-refractivity contribution < 1.29 is 14.1 Å². The molecule has 24 heavy (non-hydrogen) atoms. The summed E-state index contributed by atoms with van der Waals surface area (Å²) in [5, 5.41) is 3.85. The molecule has 0 unspecified atom stereocenters. The quantitative estimate of drug-likeness (QED) is 0.835. The molecule has 2 aromatic rings. The Balaban J connectivity index is 1.81. The van der Waals surface area contributed by atoms with Gasteiger partial charge < -0.3 is 14.2 Å². The van der Waals surface area contributed by atoms with E-state index in [0.29, 0.717) is 42.9 Å². The second-order valence-electron chi connectivity index (χ2n) is 5.72. The largest absolute Gasteiger partial charge is 0.477 e. The monoisotopic (exact) mass is 331 g/mol. The Morgan fingerprint density at radius 2 is 2.29 bits per heavy atom. The SMILES string of the molecule is CCOc1ncccc1C(=O)N1CCN(C)[C@@H](c2nc(C)no2)C1. The van der Waals surface area contributed by atoms with Gasteiger partial charge in [0.1, 0.15) is 11.6 Å². The van der Waals surface area contributed by atoms with E-state index in [4.69, 9.17) is 9.26 Å². The lowest BCUT2D eigenvalue weighted by Crippen LogP contribution is -2.49. The minimum absolute atomic E-state index is 0.0964. The van der Waals surface area contributed by atoms with E-state index in [1.54, 1.807) is 30.2 Å². The predicted octanol–water partition coefficient (Wildman–Crippen LogP) is 1.30. The molecule has 8 nitrogen and oxygen atoms in total. The van der Waals surface area contributed by atoms with Crippen LogP contribution in [0.2, 0.25) is 0 Å². The molecule has 3 heterocycles. The van der Waals surface area contributed by atoms with Crippen molar-refractivity contribution in [3.05, 3.63) is 35.6 Å². The van der Waals surface area contributed by atoms with Gasteiger partial charge in [-0.25, -0.2) is 4.98 Å². The molecule has 0 bridgehead atoms. The topological polar surface area (TPSA) is 84.6 Å². The van der Waals surface area contributed by atoms with Crippen LogP contribution in [0.4, 0.5) is 0 Å². The number of ether oxygens (including phenoxy) is 1. The molecule has 1 saturated heterocycles. The molecular weight excluding hydrogens is 310 g/mol. The third kappa shape index (κ3) is 3.23. The average molecular weight is 331 g/mol. The molecule has 1 aliphatic heterocycles. The fourth-order valence-electron chi connectivity index (χ4n) is 2.75. The van der Waals surface area contributed by atoms with Crippen molar-refractivity contribution >= 4 is 5.91 Å². The van der Waals surface area contributed by atoms with Crippen molar-refractivity contribution in [2.75, 3.05) is 33.3 Å². The molecule has 0 saturated carbocycles. The fourth-order valence-corrected chi connectivity index (χ4v) is 2.75. The van der Waals surface area contributed by atoms with Crippen LogP contribution >= 0.6 is 0 Å². The van der Waals surface area contributed by atoms with Gasteiger partial charge in [0.2, 0.25) is 11.8 Å². The third-order valence-corrected chi connectivity index (χ3v) is 4.05.